The van der Waals surface area contributed by atoms with Gasteiger partial charge in [0, 0.05) is 29.9 Å². The zero-order chi connectivity index (χ0) is 19.8. The first-order valence-electron chi connectivity index (χ1n) is 9.04. The lowest BCUT2D eigenvalue weighted by atomic mass is 10.0. The molecule has 2 heterocycles. The van der Waals surface area contributed by atoms with Gasteiger partial charge in [-0.3, -0.25) is 9.36 Å². The Morgan fingerprint density at radius 3 is 2.89 bits per heavy atom. The minimum atomic E-state index is -0.470. The third-order valence-corrected chi connectivity index (χ3v) is 5.25. The van der Waals surface area contributed by atoms with E-state index in [1.165, 1.54) is 12.1 Å². The number of carbonyl (C=O) groups is 1. The lowest BCUT2D eigenvalue weighted by Gasteiger charge is -2.33. The van der Waals surface area contributed by atoms with Crippen molar-refractivity contribution in [2.24, 2.45) is 0 Å². The molecule has 3 aromatic rings. The SMILES string of the molecule is Nc1ccc2c(c1)oc(=O)n2[C@H]1CCCN(C(=O)Cc2cc(F)cc(Cl)c2)C1. The van der Waals surface area contributed by atoms with Crippen LogP contribution in [-0.4, -0.2) is 28.5 Å². The van der Waals surface area contributed by atoms with Crippen molar-refractivity contribution in [1.29, 1.82) is 0 Å². The van der Waals surface area contributed by atoms with Crippen LogP contribution in [0, 0.1) is 5.82 Å². The molecule has 1 aromatic heterocycles. The molecule has 1 amide bonds. The van der Waals surface area contributed by atoms with Crippen LogP contribution in [-0.2, 0) is 11.2 Å². The molecular formula is C20H19ClFN3O3. The number of halogens is 2. The van der Waals surface area contributed by atoms with E-state index >= 15 is 0 Å². The highest BCUT2D eigenvalue weighted by Crippen LogP contribution is 2.26. The molecule has 0 aliphatic carbocycles. The fourth-order valence-corrected chi connectivity index (χ4v) is 4.03. The van der Waals surface area contributed by atoms with Crippen LogP contribution in [0.15, 0.2) is 45.6 Å². The third kappa shape index (κ3) is 3.62. The molecule has 1 fully saturated rings. The number of amides is 1. The second kappa shape index (κ2) is 7.31. The summed E-state index contributed by atoms with van der Waals surface area (Å²) in [6, 6.07) is 9.00. The Morgan fingerprint density at radius 1 is 1.29 bits per heavy atom. The largest absolute Gasteiger partial charge is 0.420 e. The zero-order valence-electron chi connectivity index (χ0n) is 15.0. The molecule has 2 N–H and O–H groups in total. The Kier molecular flexibility index (Phi) is 4.85. The number of aromatic nitrogens is 1. The molecule has 146 valence electrons. The van der Waals surface area contributed by atoms with Gasteiger partial charge in [-0.15, -0.1) is 0 Å². The highest BCUT2D eigenvalue weighted by Gasteiger charge is 2.28. The zero-order valence-corrected chi connectivity index (χ0v) is 15.8. The maximum atomic E-state index is 13.5. The molecule has 0 saturated carbocycles. The van der Waals surface area contributed by atoms with Crippen molar-refractivity contribution < 1.29 is 13.6 Å². The van der Waals surface area contributed by atoms with Crippen LogP contribution in [0.4, 0.5) is 10.1 Å². The first-order chi connectivity index (χ1) is 13.4. The maximum Gasteiger partial charge on any atom is 0.420 e. The van der Waals surface area contributed by atoms with Gasteiger partial charge in [-0.05, 0) is 48.7 Å². The maximum absolute atomic E-state index is 13.5. The summed E-state index contributed by atoms with van der Waals surface area (Å²) in [6.45, 7) is 0.983. The molecule has 1 atom stereocenters. The number of likely N-dealkylation sites (tertiary alicyclic amines) is 1. The van der Waals surface area contributed by atoms with E-state index in [9.17, 15) is 14.0 Å². The van der Waals surface area contributed by atoms with Crippen LogP contribution in [0.2, 0.25) is 5.02 Å². The monoisotopic (exact) mass is 403 g/mol. The van der Waals surface area contributed by atoms with Gasteiger partial charge in [0.25, 0.3) is 0 Å². The van der Waals surface area contributed by atoms with Gasteiger partial charge in [0.15, 0.2) is 5.58 Å². The first kappa shape index (κ1) is 18.6. The van der Waals surface area contributed by atoms with Crippen LogP contribution >= 0.6 is 11.6 Å². The van der Waals surface area contributed by atoms with Crippen LogP contribution in [0.3, 0.4) is 0 Å². The molecular weight excluding hydrogens is 385 g/mol. The number of nitrogens with zero attached hydrogens (tertiary/aromatic N) is 2. The van der Waals surface area contributed by atoms with Crippen LogP contribution < -0.4 is 11.5 Å². The van der Waals surface area contributed by atoms with Crippen LogP contribution in [0.1, 0.15) is 24.4 Å². The number of benzene rings is 2. The molecule has 0 bridgehead atoms. The summed E-state index contributed by atoms with van der Waals surface area (Å²) in [6.07, 6.45) is 1.57. The van der Waals surface area contributed by atoms with Crippen molar-refractivity contribution in [1.82, 2.24) is 9.47 Å². The number of hydrogen-bond acceptors (Lipinski definition) is 4. The van der Waals surface area contributed by atoms with Gasteiger partial charge in [0.2, 0.25) is 5.91 Å². The van der Waals surface area contributed by atoms with Gasteiger partial charge >= 0.3 is 5.76 Å². The molecule has 6 nitrogen and oxygen atoms in total. The smallest absolute Gasteiger partial charge is 0.408 e. The summed E-state index contributed by atoms with van der Waals surface area (Å²) in [5.41, 5.74) is 7.90. The molecule has 0 spiro atoms. The lowest BCUT2D eigenvalue weighted by molar-refractivity contribution is -0.132. The van der Waals surface area contributed by atoms with E-state index in [-0.39, 0.29) is 23.4 Å². The Morgan fingerprint density at radius 2 is 2.11 bits per heavy atom. The summed E-state index contributed by atoms with van der Waals surface area (Å²) < 4.78 is 20.4. The van der Waals surface area contributed by atoms with Gasteiger partial charge in [-0.2, -0.15) is 0 Å². The standard InChI is InChI=1S/C20H19ClFN3O3/c21-13-6-12(7-14(22)9-13)8-19(26)24-5-1-2-16(11-24)25-17-4-3-15(23)10-18(17)28-20(25)27/h3-4,6-7,9-10,16H,1-2,5,8,11,23H2/t16-/m0/s1. The Bertz CT molecular complexity index is 1090. The summed E-state index contributed by atoms with van der Waals surface area (Å²) in [4.78, 5) is 26.8. The number of carbonyl (C=O) groups excluding carboxylic acids is 1. The van der Waals surface area contributed by atoms with Crippen LogP contribution in [0.5, 0.6) is 0 Å². The summed E-state index contributed by atoms with van der Waals surface area (Å²) in [5, 5.41) is 0.259. The van der Waals surface area contributed by atoms with Crippen LogP contribution in [0.25, 0.3) is 11.1 Å². The van der Waals surface area contributed by atoms with E-state index in [2.05, 4.69) is 0 Å². The van der Waals surface area contributed by atoms with Crippen molar-refractivity contribution in [2.75, 3.05) is 18.8 Å². The number of rotatable bonds is 3. The highest BCUT2D eigenvalue weighted by atomic mass is 35.5. The molecule has 1 aliphatic heterocycles. The molecule has 0 unspecified atom stereocenters. The van der Waals surface area contributed by atoms with E-state index in [0.717, 1.165) is 12.8 Å². The van der Waals surface area contributed by atoms with E-state index < -0.39 is 11.6 Å². The number of oxazole rings is 1. The predicted octanol–water partition coefficient (Wildman–Crippen LogP) is 3.38. The predicted molar refractivity (Wildman–Crippen MR) is 105 cm³/mol. The average molecular weight is 404 g/mol. The normalized spacial score (nSPS) is 17.2. The van der Waals surface area contributed by atoms with E-state index in [1.54, 1.807) is 33.7 Å². The van der Waals surface area contributed by atoms with E-state index in [4.69, 9.17) is 21.8 Å². The number of anilines is 1. The summed E-state index contributed by atoms with van der Waals surface area (Å²) in [7, 11) is 0. The lowest BCUT2D eigenvalue weighted by Crippen LogP contribution is -2.42. The van der Waals surface area contributed by atoms with Crippen molar-refractivity contribution in [3.05, 3.63) is 63.4 Å². The second-order valence-electron chi connectivity index (χ2n) is 7.06. The fraction of sp³-hybridized carbons (Fsp3) is 0.300. The van der Waals surface area contributed by atoms with Gasteiger partial charge in [-0.1, -0.05) is 11.6 Å². The molecule has 2 aromatic carbocycles. The Hall–Kier alpha value is -2.80. The number of nitrogen functional groups attached to an aromatic ring is 1. The second-order valence-corrected chi connectivity index (χ2v) is 7.49. The minimum Gasteiger partial charge on any atom is -0.408 e. The molecule has 28 heavy (non-hydrogen) atoms. The van der Waals surface area contributed by atoms with Gasteiger partial charge in [0.05, 0.1) is 18.0 Å². The highest BCUT2D eigenvalue weighted by molar-refractivity contribution is 6.30. The number of nitrogens with two attached hydrogens (primary N) is 1. The molecule has 8 heteroatoms. The molecule has 0 radical (unpaired) electrons. The fourth-order valence-electron chi connectivity index (χ4n) is 3.79. The average Bonchev–Trinajstić information content (AvgIpc) is 2.95. The van der Waals surface area contributed by atoms with Crippen molar-refractivity contribution >= 4 is 34.3 Å². The van der Waals surface area contributed by atoms with E-state index in [1.807, 2.05) is 0 Å². The minimum absolute atomic E-state index is 0.0573. The number of fused-ring (bicyclic) bond motifs is 1. The molecule has 1 saturated heterocycles. The van der Waals surface area contributed by atoms with Crippen molar-refractivity contribution in [2.45, 2.75) is 25.3 Å². The third-order valence-electron chi connectivity index (χ3n) is 5.03. The first-order valence-corrected chi connectivity index (χ1v) is 9.42. The molecule has 4 rings (SSSR count). The molecule has 1 aliphatic rings. The van der Waals surface area contributed by atoms with Crippen molar-refractivity contribution in [3.8, 4) is 0 Å². The van der Waals surface area contributed by atoms with Gasteiger partial charge < -0.3 is 15.1 Å². The Labute approximate surface area is 165 Å². The van der Waals surface area contributed by atoms with E-state index in [0.29, 0.717) is 35.4 Å². The summed E-state index contributed by atoms with van der Waals surface area (Å²) in [5.74, 6) is -1.06. The topological polar surface area (TPSA) is 81.5 Å². The van der Waals surface area contributed by atoms with Crippen molar-refractivity contribution in [3.63, 3.8) is 0 Å². The van der Waals surface area contributed by atoms with Gasteiger partial charge in [0.1, 0.15) is 5.82 Å². The van der Waals surface area contributed by atoms with Gasteiger partial charge in [-0.25, -0.2) is 9.18 Å². The number of piperidine rings is 1. The number of hydrogen-bond donors (Lipinski definition) is 1. The quantitative estimate of drug-likeness (QED) is 0.680. The Balaban J connectivity index is 1.55. The summed E-state index contributed by atoms with van der Waals surface area (Å²) >= 11 is 5.87.